The first kappa shape index (κ1) is 14.3. The summed E-state index contributed by atoms with van der Waals surface area (Å²) >= 11 is 0. The fraction of sp³-hybridized carbons (Fsp3) is 0.400. The zero-order chi connectivity index (χ0) is 13.5. The third-order valence-electron chi connectivity index (χ3n) is 2.56. The number of hydrogen-bond donors (Lipinski definition) is 1. The maximum atomic E-state index is 10.7. The molecule has 98 valence electrons. The van der Waals surface area contributed by atoms with Crippen LogP contribution in [0.2, 0.25) is 0 Å². The van der Waals surface area contributed by atoms with Gasteiger partial charge in [0.2, 0.25) is 0 Å². The highest BCUT2D eigenvalue weighted by Gasteiger charge is 2.05. The van der Waals surface area contributed by atoms with Gasteiger partial charge in [0.05, 0.1) is 11.7 Å². The van der Waals surface area contributed by atoms with Gasteiger partial charge in [0.15, 0.2) is 0 Å². The Hall–Kier alpha value is -1.77. The van der Waals surface area contributed by atoms with Gasteiger partial charge in [-0.1, -0.05) is 11.6 Å². The molecule has 0 spiro atoms. The van der Waals surface area contributed by atoms with E-state index in [1.165, 1.54) is 5.57 Å². The van der Waals surface area contributed by atoms with Crippen molar-refractivity contribution in [3.8, 4) is 5.75 Å². The second-order valence-electron chi connectivity index (χ2n) is 4.62. The van der Waals surface area contributed by atoms with Gasteiger partial charge < -0.3 is 9.84 Å². The molecule has 3 nitrogen and oxygen atoms in total. The Morgan fingerprint density at radius 1 is 1.33 bits per heavy atom. The third kappa shape index (κ3) is 5.04. The summed E-state index contributed by atoms with van der Waals surface area (Å²) in [7, 11) is 0. The standard InChI is InChI=1S/C15H20O3/c1-11(2)5-4-6-12(3)18-14-9-7-13(8-10-14)15(16)17/h5,7-10,12H,4,6H2,1-3H3,(H,16,17). The highest BCUT2D eigenvalue weighted by Crippen LogP contribution is 2.16. The summed E-state index contributed by atoms with van der Waals surface area (Å²) in [6, 6.07) is 6.50. The van der Waals surface area contributed by atoms with E-state index in [1.807, 2.05) is 6.92 Å². The van der Waals surface area contributed by atoms with E-state index in [1.54, 1.807) is 24.3 Å². The summed E-state index contributed by atoms with van der Waals surface area (Å²) < 4.78 is 5.71. The van der Waals surface area contributed by atoms with Crippen LogP contribution in [0, 0.1) is 0 Å². The van der Waals surface area contributed by atoms with Crippen LogP contribution in [-0.2, 0) is 0 Å². The van der Waals surface area contributed by atoms with Crippen molar-refractivity contribution in [2.24, 2.45) is 0 Å². The topological polar surface area (TPSA) is 46.5 Å². The van der Waals surface area contributed by atoms with Crippen LogP contribution in [0.25, 0.3) is 0 Å². The number of ether oxygens (including phenoxy) is 1. The number of rotatable bonds is 6. The van der Waals surface area contributed by atoms with Gasteiger partial charge in [-0.25, -0.2) is 4.79 Å². The predicted molar refractivity (Wildman–Crippen MR) is 72.2 cm³/mol. The minimum atomic E-state index is -0.918. The molecule has 0 aromatic heterocycles. The van der Waals surface area contributed by atoms with E-state index >= 15 is 0 Å². The Kier molecular flexibility index (Phi) is 5.43. The maximum Gasteiger partial charge on any atom is 0.335 e. The molecule has 3 heteroatoms. The molecule has 0 amide bonds. The lowest BCUT2D eigenvalue weighted by Crippen LogP contribution is -2.11. The number of hydrogen-bond acceptors (Lipinski definition) is 2. The molecule has 0 aliphatic rings. The molecule has 0 aliphatic carbocycles. The monoisotopic (exact) mass is 248 g/mol. The Morgan fingerprint density at radius 3 is 2.44 bits per heavy atom. The molecule has 1 rings (SSSR count). The number of benzene rings is 1. The normalized spacial score (nSPS) is 11.7. The zero-order valence-corrected chi connectivity index (χ0v) is 11.1. The average Bonchev–Trinajstić information content (AvgIpc) is 2.29. The van der Waals surface area contributed by atoms with Gasteiger partial charge in [-0.2, -0.15) is 0 Å². The van der Waals surface area contributed by atoms with Crippen LogP contribution in [0.15, 0.2) is 35.9 Å². The van der Waals surface area contributed by atoms with Crippen molar-refractivity contribution in [2.75, 3.05) is 0 Å². The van der Waals surface area contributed by atoms with Crippen LogP contribution >= 0.6 is 0 Å². The van der Waals surface area contributed by atoms with Crippen LogP contribution in [0.1, 0.15) is 44.0 Å². The van der Waals surface area contributed by atoms with Crippen molar-refractivity contribution < 1.29 is 14.6 Å². The van der Waals surface area contributed by atoms with E-state index in [0.29, 0.717) is 5.75 Å². The highest BCUT2D eigenvalue weighted by molar-refractivity contribution is 5.87. The van der Waals surface area contributed by atoms with Crippen LogP contribution in [0.5, 0.6) is 5.75 Å². The summed E-state index contributed by atoms with van der Waals surface area (Å²) in [6.45, 7) is 6.18. The second kappa shape index (κ2) is 6.84. The second-order valence-corrected chi connectivity index (χ2v) is 4.62. The smallest absolute Gasteiger partial charge is 0.335 e. The Morgan fingerprint density at radius 2 is 1.94 bits per heavy atom. The zero-order valence-electron chi connectivity index (χ0n) is 11.1. The molecule has 0 heterocycles. The van der Waals surface area contributed by atoms with Crippen molar-refractivity contribution in [3.05, 3.63) is 41.5 Å². The Balaban J connectivity index is 2.46. The number of carboxylic acids is 1. The Bertz CT molecular complexity index is 414. The molecule has 0 saturated heterocycles. The van der Waals surface area contributed by atoms with Crippen molar-refractivity contribution in [1.82, 2.24) is 0 Å². The first-order valence-corrected chi connectivity index (χ1v) is 6.12. The minimum absolute atomic E-state index is 0.122. The molecule has 18 heavy (non-hydrogen) atoms. The third-order valence-corrected chi connectivity index (χ3v) is 2.56. The lowest BCUT2D eigenvalue weighted by atomic mass is 10.1. The molecule has 1 unspecified atom stereocenters. The molecular formula is C15H20O3. The van der Waals surface area contributed by atoms with E-state index in [9.17, 15) is 4.79 Å². The van der Waals surface area contributed by atoms with Crippen LogP contribution < -0.4 is 4.74 Å². The quantitative estimate of drug-likeness (QED) is 0.777. The largest absolute Gasteiger partial charge is 0.491 e. The maximum absolute atomic E-state index is 10.7. The minimum Gasteiger partial charge on any atom is -0.491 e. The molecule has 0 aliphatic heterocycles. The molecule has 1 aromatic rings. The molecule has 0 saturated carbocycles. The summed E-state index contributed by atoms with van der Waals surface area (Å²) in [5, 5.41) is 8.78. The van der Waals surface area contributed by atoms with Gasteiger partial charge in [-0.3, -0.25) is 0 Å². The van der Waals surface area contributed by atoms with Gasteiger partial charge in [-0.05, 0) is 57.9 Å². The van der Waals surface area contributed by atoms with E-state index in [2.05, 4.69) is 19.9 Å². The fourth-order valence-corrected chi connectivity index (χ4v) is 1.57. The van der Waals surface area contributed by atoms with Crippen molar-refractivity contribution in [2.45, 2.75) is 39.7 Å². The van der Waals surface area contributed by atoms with Gasteiger partial charge in [0.1, 0.15) is 5.75 Å². The van der Waals surface area contributed by atoms with Crippen LogP contribution in [0.3, 0.4) is 0 Å². The molecule has 1 atom stereocenters. The lowest BCUT2D eigenvalue weighted by molar-refractivity contribution is 0.0697. The molecule has 1 aromatic carbocycles. The van der Waals surface area contributed by atoms with E-state index in [4.69, 9.17) is 9.84 Å². The molecule has 1 N–H and O–H groups in total. The summed E-state index contributed by atoms with van der Waals surface area (Å²) in [4.78, 5) is 10.7. The average molecular weight is 248 g/mol. The molecule has 0 fully saturated rings. The Labute approximate surface area is 108 Å². The lowest BCUT2D eigenvalue weighted by Gasteiger charge is -2.13. The van der Waals surface area contributed by atoms with Crippen molar-refractivity contribution in [1.29, 1.82) is 0 Å². The number of allylic oxidation sites excluding steroid dienone is 2. The number of carboxylic acid groups (broad SMARTS) is 1. The van der Waals surface area contributed by atoms with Crippen LogP contribution in [-0.4, -0.2) is 17.2 Å². The first-order chi connectivity index (χ1) is 8.49. The predicted octanol–water partition coefficient (Wildman–Crippen LogP) is 3.90. The summed E-state index contributed by atoms with van der Waals surface area (Å²) in [6.07, 6.45) is 4.26. The highest BCUT2D eigenvalue weighted by atomic mass is 16.5. The van der Waals surface area contributed by atoms with E-state index in [0.717, 1.165) is 12.8 Å². The van der Waals surface area contributed by atoms with Gasteiger partial charge >= 0.3 is 5.97 Å². The first-order valence-electron chi connectivity index (χ1n) is 6.12. The molecule has 0 bridgehead atoms. The summed E-state index contributed by atoms with van der Waals surface area (Å²) in [5.41, 5.74) is 1.59. The van der Waals surface area contributed by atoms with Gasteiger partial charge in [0.25, 0.3) is 0 Å². The van der Waals surface area contributed by atoms with E-state index in [-0.39, 0.29) is 11.7 Å². The number of aromatic carboxylic acids is 1. The van der Waals surface area contributed by atoms with E-state index < -0.39 is 5.97 Å². The van der Waals surface area contributed by atoms with Crippen molar-refractivity contribution >= 4 is 5.97 Å². The van der Waals surface area contributed by atoms with Crippen LogP contribution in [0.4, 0.5) is 0 Å². The SMILES string of the molecule is CC(C)=CCCC(C)Oc1ccc(C(=O)O)cc1. The number of carbonyl (C=O) groups is 1. The van der Waals surface area contributed by atoms with Crippen molar-refractivity contribution in [3.63, 3.8) is 0 Å². The molecular weight excluding hydrogens is 228 g/mol. The molecule has 0 radical (unpaired) electrons. The van der Waals surface area contributed by atoms with Gasteiger partial charge in [-0.15, -0.1) is 0 Å². The fourth-order valence-electron chi connectivity index (χ4n) is 1.57. The summed E-state index contributed by atoms with van der Waals surface area (Å²) in [5.74, 6) is -0.206. The van der Waals surface area contributed by atoms with Gasteiger partial charge in [0, 0.05) is 0 Å².